The number of anilines is 1. The van der Waals surface area contributed by atoms with E-state index in [9.17, 15) is 0 Å². The summed E-state index contributed by atoms with van der Waals surface area (Å²) >= 11 is 5.74. The molecule has 1 saturated carbocycles. The molecule has 1 aliphatic carbocycles. The Kier molecular flexibility index (Phi) is 21.7. The standard InChI is InChI=1S/C38H62BrN5S.3ClH/c1-2-3-4-5-6-7-8-9-10-11-12-15-22-38(40,30-42-27-28-45-31-42)33-18-20-34(21-19-33)43-23-25-44(26-24-43)37-35-17-14-13-16-32(35)29-36(39)41-37;;;/h13-14,16-17,29,33-34H,2-12,15,18-28,30-31,40H2,1H3;3*1H/t33?,34?,38-;;;/m1.../s1. The minimum Gasteiger partial charge on any atom is -0.353 e. The molecule has 1 atom stereocenters. The normalized spacial score (nSPS) is 21.7. The third-order valence-corrected chi connectivity index (χ3v) is 12.6. The lowest BCUT2D eigenvalue weighted by molar-refractivity contribution is 0.0835. The van der Waals surface area contributed by atoms with E-state index in [1.807, 2.05) is 0 Å². The van der Waals surface area contributed by atoms with Crippen LogP contribution in [-0.2, 0) is 0 Å². The molecule has 3 heterocycles. The first-order valence-electron chi connectivity index (χ1n) is 18.7. The summed E-state index contributed by atoms with van der Waals surface area (Å²) in [4.78, 5) is 12.9. The van der Waals surface area contributed by atoms with Gasteiger partial charge in [-0.05, 0) is 65.4 Å². The third-order valence-electron chi connectivity index (χ3n) is 11.2. The van der Waals surface area contributed by atoms with Crippen LogP contribution in [-0.4, -0.2) is 77.3 Å². The summed E-state index contributed by atoms with van der Waals surface area (Å²) in [5.41, 5.74) is 7.45. The molecule has 2 aliphatic heterocycles. The highest BCUT2D eigenvalue weighted by molar-refractivity contribution is 9.10. The van der Waals surface area contributed by atoms with Gasteiger partial charge in [0.05, 0.1) is 0 Å². The number of nitrogens with two attached hydrogens (primary N) is 1. The maximum Gasteiger partial charge on any atom is 0.137 e. The quantitative estimate of drug-likeness (QED) is 0.120. The molecule has 0 spiro atoms. The molecule has 2 saturated heterocycles. The molecule has 2 aromatic rings. The van der Waals surface area contributed by atoms with Crippen molar-refractivity contribution in [3.8, 4) is 0 Å². The smallest absolute Gasteiger partial charge is 0.137 e. The second-order valence-electron chi connectivity index (χ2n) is 14.5. The van der Waals surface area contributed by atoms with Crippen LogP contribution in [0.25, 0.3) is 10.8 Å². The van der Waals surface area contributed by atoms with Crippen LogP contribution in [0.1, 0.15) is 116 Å². The van der Waals surface area contributed by atoms with Gasteiger partial charge in [0.1, 0.15) is 10.4 Å². The molecule has 5 nitrogen and oxygen atoms in total. The Bertz CT molecular complexity index is 1140. The van der Waals surface area contributed by atoms with Crippen molar-refractivity contribution < 1.29 is 0 Å². The van der Waals surface area contributed by atoms with Crippen molar-refractivity contribution in [1.29, 1.82) is 0 Å². The average molecular weight is 810 g/mol. The number of piperazine rings is 1. The fourth-order valence-electron chi connectivity index (χ4n) is 8.40. The summed E-state index contributed by atoms with van der Waals surface area (Å²) in [5.74, 6) is 4.26. The van der Waals surface area contributed by atoms with E-state index in [4.69, 9.17) is 10.7 Å². The van der Waals surface area contributed by atoms with Crippen molar-refractivity contribution in [3.63, 3.8) is 0 Å². The Balaban J connectivity index is 0.00000267. The summed E-state index contributed by atoms with van der Waals surface area (Å²) < 4.78 is 0.929. The number of hydrogen-bond donors (Lipinski definition) is 1. The molecule has 48 heavy (non-hydrogen) atoms. The van der Waals surface area contributed by atoms with Crippen LogP contribution in [0.3, 0.4) is 0 Å². The zero-order chi connectivity index (χ0) is 31.3. The van der Waals surface area contributed by atoms with Gasteiger partial charge >= 0.3 is 0 Å². The fraction of sp³-hybridized carbons (Fsp3) is 0.763. The molecular weight excluding hydrogens is 745 g/mol. The number of pyridine rings is 1. The Morgan fingerprint density at radius 2 is 1.42 bits per heavy atom. The van der Waals surface area contributed by atoms with Crippen LogP contribution < -0.4 is 10.6 Å². The van der Waals surface area contributed by atoms with Gasteiger partial charge in [0.2, 0.25) is 0 Å². The topological polar surface area (TPSA) is 48.6 Å². The molecule has 1 aromatic heterocycles. The molecule has 3 fully saturated rings. The van der Waals surface area contributed by atoms with Crippen molar-refractivity contribution in [3.05, 3.63) is 34.9 Å². The lowest BCUT2D eigenvalue weighted by atomic mass is 9.71. The molecule has 1 aromatic carbocycles. The van der Waals surface area contributed by atoms with Crippen LogP contribution in [0.15, 0.2) is 34.9 Å². The third kappa shape index (κ3) is 13.2. The minimum absolute atomic E-state index is 0. The van der Waals surface area contributed by atoms with E-state index in [1.165, 1.54) is 138 Å². The highest BCUT2D eigenvalue weighted by atomic mass is 79.9. The molecule has 0 bridgehead atoms. The molecule has 2 N–H and O–H groups in total. The number of rotatable bonds is 18. The fourth-order valence-corrected chi connectivity index (χ4v) is 9.81. The number of aromatic nitrogens is 1. The molecular formula is C38H65BrCl3N5S. The highest BCUT2D eigenvalue weighted by Crippen LogP contribution is 2.38. The maximum atomic E-state index is 7.47. The number of halogens is 4. The van der Waals surface area contributed by atoms with E-state index in [0.717, 1.165) is 43.1 Å². The zero-order valence-electron chi connectivity index (χ0n) is 29.6. The number of hydrogen-bond acceptors (Lipinski definition) is 6. The van der Waals surface area contributed by atoms with Crippen molar-refractivity contribution in [2.24, 2.45) is 11.7 Å². The van der Waals surface area contributed by atoms with Crippen LogP contribution in [0.2, 0.25) is 0 Å². The van der Waals surface area contributed by atoms with Crippen LogP contribution >= 0.6 is 64.9 Å². The monoisotopic (exact) mass is 807 g/mol. The molecule has 0 amide bonds. The lowest BCUT2D eigenvalue weighted by Gasteiger charge is -2.47. The number of nitrogens with zero attached hydrogens (tertiary/aromatic N) is 4. The SMILES string of the molecule is CCCCCCCCCCCCCC[C@@](N)(CN1CCSC1)C1CCC(N2CCN(c3nc(Br)cc4ccccc34)CC2)CC1.Cl.Cl.Cl. The highest BCUT2D eigenvalue weighted by Gasteiger charge is 2.40. The van der Waals surface area contributed by atoms with E-state index < -0.39 is 0 Å². The van der Waals surface area contributed by atoms with E-state index in [0.29, 0.717) is 12.0 Å². The first-order valence-corrected chi connectivity index (χ1v) is 20.6. The van der Waals surface area contributed by atoms with Gasteiger partial charge in [-0.1, -0.05) is 108 Å². The van der Waals surface area contributed by atoms with Gasteiger partial charge < -0.3 is 10.6 Å². The minimum atomic E-state index is -0.0134. The van der Waals surface area contributed by atoms with Gasteiger partial charge in [0.15, 0.2) is 0 Å². The molecule has 5 rings (SSSR count). The predicted octanol–water partition coefficient (Wildman–Crippen LogP) is 10.7. The Morgan fingerprint density at radius 1 is 0.812 bits per heavy atom. The van der Waals surface area contributed by atoms with Gasteiger partial charge in [0.25, 0.3) is 0 Å². The van der Waals surface area contributed by atoms with Crippen LogP contribution in [0.5, 0.6) is 0 Å². The van der Waals surface area contributed by atoms with Gasteiger partial charge in [-0.2, -0.15) is 0 Å². The molecule has 0 radical (unpaired) electrons. The zero-order valence-corrected chi connectivity index (χ0v) is 34.4. The summed E-state index contributed by atoms with van der Waals surface area (Å²) in [6, 6.07) is 11.5. The molecule has 3 aliphatic rings. The Morgan fingerprint density at radius 3 is 2.02 bits per heavy atom. The predicted molar refractivity (Wildman–Crippen MR) is 222 cm³/mol. The van der Waals surface area contributed by atoms with Crippen molar-refractivity contribution in [2.45, 2.75) is 128 Å². The first-order chi connectivity index (χ1) is 22.1. The van der Waals surface area contributed by atoms with Gasteiger partial charge in [-0.3, -0.25) is 9.80 Å². The van der Waals surface area contributed by atoms with Crippen molar-refractivity contribution >= 4 is 81.5 Å². The van der Waals surface area contributed by atoms with Crippen LogP contribution in [0, 0.1) is 5.92 Å². The van der Waals surface area contributed by atoms with Crippen molar-refractivity contribution in [2.75, 3.05) is 55.8 Å². The summed E-state index contributed by atoms with van der Waals surface area (Å²) in [6.07, 6.45) is 23.4. The largest absolute Gasteiger partial charge is 0.353 e. The summed E-state index contributed by atoms with van der Waals surface area (Å²) in [5, 5.41) is 2.52. The van der Waals surface area contributed by atoms with Gasteiger partial charge in [0, 0.05) is 67.9 Å². The number of thioether (sulfide) groups is 1. The second-order valence-corrected chi connectivity index (χ2v) is 16.4. The van der Waals surface area contributed by atoms with Gasteiger partial charge in [-0.25, -0.2) is 4.98 Å². The summed E-state index contributed by atoms with van der Waals surface area (Å²) in [7, 11) is 0. The Hall–Kier alpha value is 0.01000. The van der Waals surface area contributed by atoms with E-state index >= 15 is 0 Å². The number of unbranched alkanes of at least 4 members (excludes halogenated alkanes) is 11. The molecule has 276 valence electrons. The van der Waals surface area contributed by atoms with Crippen LogP contribution in [0.4, 0.5) is 5.82 Å². The van der Waals surface area contributed by atoms with Crippen molar-refractivity contribution in [1.82, 2.24) is 14.8 Å². The van der Waals surface area contributed by atoms with E-state index in [1.54, 1.807) is 0 Å². The second kappa shape index (κ2) is 23.5. The molecule has 10 heteroatoms. The lowest BCUT2D eigenvalue weighted by Crippen LogP contribution is -2.57. The maximum absolute atomic E-state index is 7.47. The van der Waals surface area contributed by atoms with E-state index in [-0.39, 0.29) is 42.8 Å². The number of benzene rings is 1. The Labute approximate surface area is 324 Å². The first kappa shape index (κ1) is 44.2. The van der Waals surface area contributed by atoms with E-state index in [2.05, 4.69) is 79.6 Å². The average Bonchev–Trinajstić information content (AvgIpc) is 3.58. The number of fused-ring (bicyclic) bond motifs is 1. The summed E-state index contributed by atoms with van der Waals surface area (Å²) in [6.45, 7) is 9.02. The van der Waals surface area contributed by atoms with Gasteiger partial charge in [-0.15, -0.1) is 49.0 Å². The molecule has 0 unspecified atom stereocenters.